The molecule has 2 aliphatic heterocycles. The minimum Gasteiger partial charge on any atom is -0.345 e. The normalized spacial score (nSPS) is 20.4. The molecule has 2 aliphatic rings. The average molecular weight is 286 g/mol. The van der Waals surface area contributed by atoms with Gasteiger partial charge in [0.2, 0.25) is 6.41 Å². The minimum absolute atomic E-state index is 0.0717. The molecule has 0 N–H and O–H groups in total. The summed E-state index contributed by atoms with van der Waals surface area (Å²) in [6, 6.07) is 7.41. The molecule has 5 heteroatoms. The molecule has 2 heterocycles. The van der Waals surface area contributed by atoms with Gasteiger partial charge in [0.05, 0.1) is 11.6 Å². The Bertz CT molecular complexity index is 613. The number of rotatable bonds is 1. The molecule has 1 aromatic carbocycles. The van der Waals surface area contributed by atoms with Crippen molar-refractivity contribution in [1.29, 1.82) is 5.26 Å². The number of benzene rings is 1. The van der Waals surface area contributed by atoms with Crippen molar-refractivity contribution >= 4 is 24.0 Å². The highest BCUT2D eigenvalue weighted by atomic mass is 32.2. The fourth-order valence-electron chi connectivity index (χ4n) is 2.88. The molecule has 102 valence electrons. The number of piperidine rings is 1. The molecule has 1 amide bonds. The summed E-state index contributed by atoms with van der Waals surface area (Å²) < 4.78 is -0.0717. The number of carbonyl (C=O) groups excluding carboxylic acids is 2. The number of thioether (sulfide) groups is 1. The van der Waals surface area contributed by atoms with Gasteiger partial charge in [-0.1, -0.05) is 0 Å². The first-order chi connectivity index (χ1) is 9.65. The van der Waals surface area contributed by atoms with Crippen LogP contribution in [0.5, 0.6) is 0 Å². The highest BCUT2D eigenvalue weighted by molar-refractivity contribution is 8.01. The fraction of sp³-hybridized carbons (Fsp3) is 0.400. The summed E-state index contributed by atoms with van der Waals surface area (Å²) in [5.41, 5.74) is 1.21. The minimum atomic E-state index is -0.0717. The molecule has 0 aromatic heterocycles. The van der Waals surface area contributed by atoms with Crippen LogP contribution in [0.15, 0.2) is 23.1 Å². The lowest BCUT2D eigenvalue weighted by Crippen LogP contribution is -2.44. The Morgan fingerprint density at radius 2 is 2.10 bits per heavy atom. The zero-order valence-corrected chi connectivity index (χ0v) is 11.8. The Hall–Kier alpha value is -1.80. The van der Waals surface area contributed by atoms with Crippen LogP contribution in [-0.2, 0) is 4.79 Å². The van der Waals surface area contributed by atoms with Gasteiger partial charge in [-0.05, 0) is 31.0 Å². The van der Waals surface area contributed by atoms with E-state index in [1.54, 1.807) is 28.8 Å². The van der Waals surface area contributed by atoms with E-state index in [1.165, 1.54) is 0 Å². The summed E-state index contributed by atoms with van der Waals surface area (Å²) in [4.78, 5) is 25.9. The summed E-state index contributed by atoms with van der Waals surface area (Å²) in [5.74, 6) is 0.121. The molecule has 0 aliphatic carbocycles. The molecule has 0 atom stereocenters. The van der Waals surface area contributed by atoms with Gasteiger partial charge in [0, 0.05) is 34.7 Å². The van der Waals surface area contributed by atoms with Crippen molar-refractivity contribution in [3.63, 3.8) is 0 Å². The summed E-state index contributed by atoms with van der Waals surface area (Å²) in [5, 5.41) is 8.92. The van der Waals surface area contributed by atoms with Gasteiger partial charge in [0.25, 0.3) is 0 Å². The average Bonchev–Trinajstić information content (AvgIpc) is 2.48. The first-order valence-electron chi connectivity index (χ1n) is 6.61. The summed E-state index contributed by atoms with van der Waals surface area (Å²) in [7, 11) is 0. The van der Waals surface area contributed by atoms with Crippen molar-refractivity contribution in [2.45, 2.75) is 28.9 Å². The number of carbonyl (C=O) groups is 2. The molecule has 1 saturated heterocycles. The van der Waals surface area contributed by atoms with Crippen LogP contribution < -0.4 is 0 Å². The Morgan fingerprint density at radius 1 is 1.35 bits per heavy atom. The van der Waals surface area contributed by atoms with Crippen LogP contribution in [0.1, 0.15) is 35.2 Å². The predicted octanol–water partition coefficient (Wildman–Crippen LogP) is 2.23. The Kier molecular flexibility index (Phi) is 3.27. The van der Waals surface area contributed by atoms with Crippen LogP contribution in [0.25, 0.3) is 0 Å². The lowest BCUT2D eigenvalue weighted by atomic mass is 9.88. The Morgan fingerprint density at radius 3 is 2.75 bits per heavy atom. The molecule has 1 fully saturated rings. The third-order valence-electron chi connectivity index (χ3n) is 4.08. The highest BCUT2D eigenvalue weighted by Gasteiger charge is 2.41. The van der Waals surface area contributed by atoms with E-state index in [4.69, 9.17) is 5.26 Å². The van der Waals surface area contributed by atoms with Crippen molar-refractivity contribution in [3.8, 4) is 6.07 Å². The molecule has 0 saturated carbocycles. The lowest BCUT2D eigenvalue weighted by Gasteiger charge is -2.42. The van der Waals surface area contributed by atoms with Gasteiger partial charge in [0.1, 0.15) is 0 Å². The maximum absolute atomic E-state index is 12.4. The number of fused-ring (bicyclic) bond motifs is 1. The molecule has 20 heavy (non-hydrogen) atoms. The zero-order valence-electron chi connectivity index (χ0n) is 11.0. The van der Waals surface area contributed by atoms with Crippen LogP contribution >= 0.6 is 11.8 Å². The Balaban J connectivity index is 1.88. The topological polar surface area (TPSA) is 61.2 Å². The lowest BCUT2D eigenvalue weighted by molar-refractivity contribution is -0.119. The SMILES string of the molecule is N#Cc1ccc2c(c1)C(=O)CC1(CCN(C=O)CC1)S2. The number of ketones is 1. The third-order valence-corrected chi connectivity index (χ3v) is 5.64. The van der Waals surface area contributed by atoms with Gasteiger partial charge in [-0.2, -0.15) is 5.26 Å². The van der Waals surface area contributed by atoms with Crippen LogP contribution in [0, 0.1) is 11.3 Å². The summed E-state index contributed by atoms with van der Waals surface area (Å²) in [6.45, 7) is 1.44. The number of hydrogen-bond acceptors (Lipinski definition) is 4. The third kappa shape index (κ3) is 2.20. The van der Waals surface area contributed by atoms with Crippen LogP contribution in [0.3, 0.4) is 0 Å². The van der Waals surface area contributed by atoms with Gasteiger partial charge < -0.3 is 4.90 Å². The molecule has 1 aromatic rings. The van der Waals surface area contributed by atoms with E-state index in [0.29, 0.717) is 17.5 Å². The molecule has 3 rings (SSSR count). The maximum Gasteiger partial charge on any atom is 0.209 e. The largest absolute Gasteiger partial charge is 0.345 e. The van der Waals surface area contributed by atoms with Crippen molar-refractivity contribution in [2.75, 3.05) is 13.1 Å². The second-order valence-corrected chi connectivity index (χ2v) is 6.86. The van der Waals surface area contributed by atoms with E-state index in [0.717, 1.165) is 37.2 Å². The van der Waals surface area contributed by atoms with Crippen LogP contribution in [0.2, 0.25) is 0 Å². The van der Waals surface area contributed by atoms with Gasteiger partial charge in [-0.25, -0.2) is 0 Å². The standard InChI is InChI=1S/C15H14N2O2S/c16-9-11-1-2-14-12(7-11)13(19)8-15(20-14)3-5-17(10-18)6-4-15/h1-2,7,10H,3-6,8H2. The number of nitrogens with zero attached hydrogens (tertiary/aromatic N) is 2. The second-order valence-electron chi connectivity index (χ2n) is 5.35. The van der Waals surface area contributed by atoms with E-state index in [2.05, 4.69) is 6.07 Å². The molecular formula is C15H14N2O2S. The number of likely N-dealkylation sites (tertiary alicyclic amines) is 1. The van der Waals surface area contributed by atoms with Gasteiger partial charge in [0.15, 0.2) is 5.78 Å². The first kappa shape index (κ1) is 13.2. The summed E-state index contributed by atoms with van der Waals surface area (Å²) >= 11 is 1.74. The molecular weight excluding hydrogens is 272 g/mol. The van der Waals surface area contributed by atoms with E-state index in [-0.39, 0.29) is 10.5 Å². The van der Waals surface area contributed by atoms with Crippen molar-refractivity contribution < 1.29 is 9.59 Å². The van der Waals surface area contributed by atoms with Gasteiger partial charge in [-0.15, -0.1) is 11.8 Å². The monoisotopic (exact) mass is 286 g/mol. The molecule has 1 spiro atoms. The first-order valence-corrected chi connectivity index (χ1v) is 7.43. The van der Waals surface area contributed by atoms with E-state index in [9.17, 15) is 9.59 Å². The van der Waals surface area contributed by atoms with Gasteiger partial charge >= 0.3 is 0 Å². The Labute approximate surface area is 121 Å². The summed E-state index contributed by atoms with van der Waals surface area (Å²) in [6.07, 6.45) is 3.09. The van der Waals surface area contributed by atoms with Gasteiger partial charge in [-0.3, -0.25) is 9.59 Å². The number of Topliss-reactive ketones (excluding diaryl/α,β-unsaturated/α-hetero) is 1. The van der Waals surface area contributed by atoms with E-state index >= 15 is 0 Å². The fourth-order valence-corrected chi connectivity index (χ4v) is 4.35. The zero-order chi connectivity index (χ0) is 14.2. The molecule has 0 radical (unpaired) electrons. The van der Waals surface area contributed by atoms with E-state index < -0.39 is 0 Å². The smallest absolute Gasteiger partial charge is 0.209 e. The van der Waals surface area contributed by atoms with Crippen molar-refractivity contribution in [2.24, 2.45) is 0 Å². The quantitative estimate of drug-likeness (QED) is 0.743. The highest BCUT2D eigenvalue weighted by Crippen LogP contribution is 2.48. The van der Waals surface area contributed by atoms with Crippen LogP contribution in [-0.4, -0.2) is 34.9 Å². The predicted molar refractivity (Wildman–Crippen MR) is 75.6 cm³/mol. The number of nitriles is 1. The van der Waals surface area contributed by atoms with Crippen molar-refractivity contribution in [3.05, 3.63) is 29.3 Å². The second kappa shape index (κ2) is 4.95. The molecule has 0 unspecified atom stereocenters. The molecule has 4 nitrogen and oxygen atoms in total. The van der Waals surface area contributed by atoms with Crippen LogP contribution in [0.4, 0.5) is 0 Å². The maximum atomic E-state index is 12.4. The van der Waals surface area contributed by atoms with Crippen molar-refractivity contribution in [1.82, 2.24) is 4.90 Å². The number of hydrogen-bond donors (Lipinski definition) is 0. The molecule has 0 bridgehead atoms. The number of amides is 1. The van der Waals surface area contributed by atoms with E-state index in [1.807, 2.05) is 6.07 Å².